The molecule has 0 aromatic carbocycles. The molecule has 0 spiro atoms. The van der Waals surface area contributed by atoms with Crippen LogP contribution < -0.4 is 10.1 Å². The van der Waals surface area contributed by atoms with E-state index in [2.05, 4.69) is 15.3 Å². The summed E-state index contributed by atoms with van der Waals surface area (Å²) < 4.78 is 7.84. The Balaban J connectivity index is 1.62. The summed E-state index contributed by atoms with van der Waals surface area (Å²) in [6.45, 7) is 5.70. The molecule has 2 aromatic heterocycles. The normalized spacial score (nSPS) is 18.9. The minimum atomic E-state index is -0.0720. The van der Waals surface area contributed by atoms with Gasteiger partial charge in [-0.2, -0.15) is 0 Å². The zero-order valence-electron chi connectivity index (χ0n) is 17.9. The van der Waals surface area contributed by atoms with Gasteiger partial charge < -0.3 is 15.2 Å². The average molecular weight is 424 g/mol. The van der Waals surface area contributed by atoms with Crippen molar-refractivity contribution < 1.29 is 14.6 Å². The number of carbonyl (C=O) groups is 1. The molecule has 2 aromatic rings. The van der Waals surface area contributed by atoms with Gasteiger partial charge in [-0.3, -0.25) is 9.69 Å². The molecule has 0 bridgehead atoms. The smallest absolute Gasteiger partial charge is 0.260 e. The number of likely N-dealkylation sites (tertiary alicyclic amines) is 1. The van der Waals surface area contributed by atoms with Crippen LogP contribution in [0.4, 0.5) is 5.69 Å². The van der Waals surface area contributed by atoms with Crippen molar-refractivity contribution in [2.45, 2.75) is 26.2 Å². The van der Waals surface area contributed by atoms with Gasteiger partial charge in [-0.15, -0.1) is 5.10 Å². The van der Waals surface area contributed by atoms with Crippen LogP contribution in [-0.4, -0.2) is 70.5 Å². The highest BCUT2D eigenvalue weighted by atomic mass is 16.5. The molecular weight excluding hydrogens is 394 g/mol. The van der Waals surface area contributed by atoms with Gasteiger partial charge in [0.2, 0.25) is 0 Å². The molecule has 0 unspecified atom stereocenters. The molecular formula is C23H29N5O3. The number of aliphatic hydroxyl groups excluding tert-OH is 1. The minimum Gasteiger partial charge on any atom is -0.474 e. The molecule has 8 heteroatoms. The summed E-state index contributed by atoms with van der Waals surface area (Å²) in [5, 5.41) is 16.8. The third-order valence-corrected chi connectivity index (χ3v) is 5.53. The van der Waals surface area contributed by atoms with Crippen molar-refractivity contribution in [3.8, 4) is 5.88 Å². The van der Waals surface area contributed by atoms with E-state index in [1.807, 2.05) is 24.4 Å². The second-order valence-corrected chi connectivity index (χ2v) is 7.83. The van der Waals surface area contributed by atoms with Crippen LogP contribution in [0.2, 0.25) is 0 Å². The van der Waals surface area contributed by atoms with E-state index in [-0.39, 0.29) is 12.4 Å². The minimum absolute atomic E-state index is 0.0386. The van der Waals surface area contributed by atoms with Gasteiger partial charge in [0.15, 0.2) is 11.5 Å². The van der Waals surface area contributed by atoms with Crippen molar-refractivity contribution in [3.05, 3.63) is 47.8 Å². The molecule has 2 aliphatic rings. The number of nitrogens with one attached hydrogen (secondary N) is 1. The fraction of sp³-hybridized carbons (Fsp3) is 0.435. The summed E-state index contributed by atoms with van der Waals surface area (Å²) >= 11 is 0. The Morgan fingerprint density at radius 2 is 2.06 bits per heavy atom. The predicted molar refractivity (Wildman–Crippen MR) is 120 cm³/mol. The number of hydrogen-bond acceptors (Lipinski definition) is 7. The maximum Gasteiger partial charge on any atom is 0.260 e. The van der Waals surface area contributed by atoms with Gasteiger partial charge in [-0.25, -0.2) is 9.51 Å². The highest BCUT2D eigenvalue weighted by Gasteiger charge is 2.20. The Kier molecular flexibility index (Phi) is 6.79. The summed E-state index contributed by atoms with van der Waals surface area (Å²) in [4.78, 5) is 19.4. The van der Waals surface area contributed by atoms with E-state index in [9.17, 15) is 9.90 Å². The van der Waals surface area contributed by atoms with E-state index in [0.29, 0.717) is 41.7 Å². The third-order valence-electron chi connectivity index (χ3n) is 5.53. The topological polar surface area (TPSA) is 91.5 Å². The standard InChI is InChI=1S/C23H29N5O3/c1-17-15-19(18(16-21(17)30)24-8-13-29)25-22-20-7-3-6-11-28(20)26-23(22)31-14-12-27-9-4-2-5-10-27/h3,6-7,11,15-16,24,29H,2,4-5,8-10,12-14H2,1H3. The van der Waals surface area contributed by atoms with Gasteiger partial charge in [0.1, 0.15) is 6.61 Å². The maximum atomic E-state index is 12.1. The van der Waals surface area contributed by atoms with E-state index in [1.54, 1.807) is 17.5 Å². The summed E-state index contributed by atoms with van der Waals surface area (Å²) in [6, 6.07) is 5.79. The molecule has 0 saturated carbocycles. The van der Waals surface area contributed by atoms with Crippen molar-refractivity contribution in [1.82, 2.24) is 19.8 Å². The number of aliphatic hydroxyl groups is 1. The quantitative estimate of drug-likeness (QED) is 0.633. The van der Waals surface area contributed by atoms with Gasteiger partial charge >= 0.3 is 0 Å². The number of carbonyl (C=O) groups excluding carboxylic acids is 1. The van der Waals surface area contributed by atoms with Gasteiger partial charge in [-0.1, -0.05) is 12.5 Å². The molecule has 8 nitrogen and oxygen atoms in total. The molecule has 0 radical (unpaired) electrons. The number of nitrogens with zero attached hydrogens (tertiary/aromatic N) is 4. The van der Waals surface area contributed by atoms with Crippen LogP contribution in [0.25, 0.3) is 5.52 Å². The van der Waals surface area contributed by atoms with Crippen molar-refractivity contribution in [2.24, 2.45) is 4.99 Å². The number of piperidine rings is 1. The van der Waals surface area contributed by atoms with Gasteiger partial charge in [0.25, 0.3) is 5.88 Å². The first-order valence-electron chi connectivity index (χ1n) is 10.9. The largest absolute Gasteiger partial charge is 0.474 e. The number of pyridine rings is 1. The fourth-order valence-corrected chi connectivity index (χ4v) is 3.84. The maximum absolute atomic E-state index is 12.1. The number of allylic oxidation sites excluding steroid dienone is 3. The lowest BCUT2D eigenvalue weighted by Gasteiger charge is -2.25. The third kappa shape index (κ3) is 5.03. The molecule has 164 valence electrons. The van der Waals surface area contributed by atoms with Crippen LogP contribution in [0.3, 0.4) is 0 Å². The van der Waals surface area contributed by atoms with Crippen molar-refractivity contribution in [3.63, 3.8) is 0 Å². The molecule has 1 fully saturated rings. The summed E-state index contributed by atoms with van der Waals surface area (Å²) in [5.41, 5.74) is 3.26. The van der Waals surface area contributed by atoms with E-state index in [1.165, 1.54) is 25.3 Å². The molecule has 1 aliphatic carbocycles. The van der Waals surface area contributed by atoms with E-state index in [0.717, 1.165) is 25.2 Å². The summed E-state index contributed by atoms with van der Waals surface area (Å²) in [6.07, 6.45) is 8.93. The van der Waals surface area contributed by atoms with E-state index >= 15 is 0 Å². The number of ketones is 1. The molecule has 1 saturated heterocycles. The summed E-state index contributed by atoms with van der Waals surface area (Å²) in [5.74, 6) is 0.400. The molecule has 1 aliphatic heterocycles. The Bertz CT molecular complexity index is 1030. The van der Waals surface area contributed by atoms with Crippen LogP contribution in [0.15, 0.2) is 52.8 Å². The molecule has 3 heterocycles. The van der Waals surface area contributed by atoms with Crippen LogP contribution >= 0.6 is 0 Å². The average Bonchev–Trinajstić information content (AvgIpc) is 3.13. The highest BCUT2D eigenvalue weighted by molar-refractivity contribution is 6.22. The zero-order chi connectivity index (χ0) is 21.6. The second kappa shape index (κ2) is 9.89. The SMILES string of the molecule is CC1=CC(=Nc2c(OCCN3CCCCC3)nn3ccccc23)C(NCCO)=CC1=O. The second-order valence-electron chi connectivity index (χ2n) is 7.83. The number of aromatic nitrogens is 2. The number of rotatable bonds is 8. The van der Waals surface area contributed by atoms with Gasteiger partial charge in [0, 0.05) is 25.4 Å². The fourth-order valence-electron chi connectivity index (χ4n) is 3.84. The molecule has 4 rings (SSSR count). The first kappa shape index (κ1) is 21.3. The zero-order valence-corrected chi connectivity index (χ0v) is 17.9. The molecule has 31 heavy (non-hydrogen) atoms. The molecule has 0 amide bonds. The van der Waals surface area contributed by atoms with E-state index < -0.39 is 0 Å². The van der Waals surface area contributed by atoms with Gasteiger partial charge in [-0.05, 0) is 56.6 Å². The lowest BCUT2D eigenvalue weighted by atomic mass is 10.0. The summed E-state index contributed by atoms with van der Waals surface area (Å²) in [7, 11) is 0. The van der Waals surface area contributed by atoms with Crippen molar-refractivity contribution in [1.29, 1.82) is 0 Å². The number of ether oxygens (including phenoxy) is 1. The van der Waals surface area contributed by atoms with Crippen LogP contribution in [0, 0.1) is 0 Å². The van der Waals surface area contributed by atoms with Crippen LogP contribution in [0.1, 0.15) is 26.2 Å². The number of fused-ring (bicyclic) bond motifs is 1. The van der Waals surface area contributed by atoms with Crippen molar-refractivity contribution >= 4 is 22.7 Å². The first-order valence-corrected chi connectivity index (χ1v) is 10.9. The van der Waals surface area contributed by atoms with Crippen molar-refractivity contribution in [2.75, 3.05) is 39.4 Å². The highest BCUT2D eigenvalue weighted by Crippen LogP contribution is 2.33. The van der Waals surface area contributed by atoms with Crippen LogP contribution in [0.5, 0.6) is 5.88 Å². The Morgan fingerprint density at radius 3 is 2.87 bits per heavy atom. The number of hydrogen-bond donors (Lipinski definition) is 2. The van der Waals surface area contributed by atoms with Gasteiger partial charge in [0.05, 0.1) is 23.5 Å². The lowest BCUT2D eigenvalue weighted by Crippen LogP contribution is -2.33. The molecule has 2 N–H and O–H groups in total. The monoisotopic (exact) mass is 423 g/mol. The Hall–Kier alpha value is -2.97. The van der Waals surface area contributed by atoms with E-state index in [4.69, 9.17) is 9.73 Å². The Labute approximate surface area is 181 Å². The Morgan fingerprint density at radius 1 is 1.23 bits per heavy atom. The predicted octanol–water partition coefficient (Wildman–Crippen LogP) is 2.27. The van der Waals surface area contributed by atoms with Crippen LogP contribution in [-0.2, 0) is 4.79 Å². The molecule has 0 atom stereocenters. The number of aliphatic imine (C=N–C) groups is 1. The first-order chi connectivity index (χ1) is 15.2. The lowest BCUT2D eigenvalue weighted by molar-refractivity contribution is -0.111.